The molecule has 0 aliphatic carbocycles. The highest BCUT2D eigenvalue weighted by atomic mass is 35.5. The molecular formula is C15H19Cl2NO2. The number of hydrogen-bond donors (Lipinski definition) is 2. The zero-order valence-corrected chi connectivity index (χ0v) is 12.9. The maximum atomic E-state index is 9.11. The third-order valence-electron chi connectivity index (χ3n) is 2.80. The minimum absolute atomic E-state index is 0. The second-order valence-electron chi connectivity index (χ2n) is 4.50. The van der Waals surface area contributed by atoms with Crippen LogP contribution in [0.1, 0.15) is 6.92 Å². The third kappa shape index (κ3) is 4.53. The van der Waals surface area contributed by atoms with Gasteiger partial charge in [-0.15, -0.1) is 12.4 Å². The van der Waals surface area contributed by atoms with Crippen LogP contribution < -0.4 is 10.1 Å². The van der Waals surface area contributed by atoms with Crippen LogP contribution in [-0.4, -0.2) is 30.9 Å². The van der Waals surface area contributed by atoms with Crippen LogP contribution in [0, 0.1) is 0 Å². The topological polar surface area (TPSA) is 41.5 Å². The van der Waals surface area contributed by atoms with E-state index in [1.54, 1.807) is 6.92 Å². The number of rotatable bonds is 6. The molecule has 1 atom stereocenters. The van der Waals surface area contributed by atoms with E-state index in [9.17, 15) is 0 Å². The first-order chi connectivity index (χ1) is 9.18. The van der Waals surface area contributed by atoms with E-state index in [2.05, 4.69) is 5.32 Å². The molecule has 0 fully saturated rings. The van der Waals surface area contributed by atoms with Crippen LogP contribution in [0.3, 0.4) is 0 Å². The standard InChI is InChI=1S/C15H18ClNO2.ClH/c1-11(18)10-17-8-9-19-14-7-6-12-4-2-3-5-13(12)15(14)16;/h2-7,11,17-18H,8-10H2,1H3;1H. The Morgan fingerprint density at radius 2 is 2.00 bits per heavy atom. The van der Waals surface area contributed by atoms with Crippen LogP contribution >= 0.6 is 24.0 Å². The van der Waals surface area contributed by atoms with Gasteiger partial charge in [0.2, 0.25) is 0 Å². The van der Waals surface area contributed by atoms with E-state index >= 15 is 0 Å². The van der Waals surface area contributed by atoms with Crippen LogP contribution in [-0.2, 0) is 0 Å². The molecule has 20 heavy (non-hydrogen) atoms. The summed E-state index contributed by atoms with van der Waals surface area (Å²) in [6, 6.07) is 11.8. The Morgan fingerprint density at radius 1 is 1.25 bits per heavy atom. The van der Waals surface area contributed by atoms with Gasteiger partial charge in [-0.3, -0.25) is 0 Å². The maximum absolute atomic E-state index is 9.11. The second kappa shape index (κ2) is 8.32. The van der Waals surface area contributed by atoms with Crippen molar-refractivity contribution < 1.29 is 9.84 Å². The number of aliphatic hydroxyl groups is 1. The van der Waals surface area contributed by atoms with Crippen molar-refractivity contribution in [2.45, 2.75) is 13.0 Å². The average Bonchev–Trinajstić information content (AvgIpc) is 2.41. The molecule has 0 aliphatic rings. The van der Waals surface area contributed by atoms with E-state index in [-0.39, 0.29) is 18.5 Å². The van der Waals surface area contributed by atoms with Gasteiger partial charge < -0.3 is 15.2 Å². The molecule has 2 rings (SSSR count). The zero-order chi connectivity index (χ0) is 13.7. The van der Waals surface area contributed by atoms with Crippen molar-refractivity contribution in [3.05, 3.63) is 41.4 Å². The summed E-state index contributed by atoms with van der Waals surface area (Å²) in [4.78, 5) is 0. The molecule has 0 heterocycles. The smallest absolute Gasteiger partial charge is 0.138 e. The van der Waals surface area contributed by atoms with Gasteiger partial charge in [-0.25, -0.2) is 0 Å². The quantitative estimate of drug-likeness (QED) is 0.804. The summed E-state index contributed by atoms with van der Waals surface area (Å²) in [5, 5.41) is 14.9. The van der Waals surface area contributed by atoms with Gasteiger partial charge in [0.25, 0.3) is 0 Å². The Hall–Kier alpha value is -1.000. The number of ether oxygens (including phenoxy) is 1. The molecule has 0 aromatic heterocycles. The van der Waals surface area contributed by atoms with Crippen molar-refractivity contribution in [3.8, 4) is 5.75 Å². The lowest BCUT2D eigenvalue weighted by molar-refractivity contribution is 0.188. The predicted octanol–water partition coefficient (Wildman–Crippen LogP) is 3.26. The van der Waals surface area contributed by atoms with Crippen LogP contribution in [0.25, 0.3) is 10.8 Å². The average molecular weight is 316 g/mol. The molecule has 3 nitrogen and oxygen atoms in total. The molecule has 2 aromatic carbocycles. The van der Waals surface area contributed by atoms with Gasteiger partial charge in [0, 0.05) is 18.5 Å². The lowest BCUT2D eigenvalue weighted by atomic mass is 10.1. The van der Waals surface area contributed by atoms with E-state index < -0.39 is 0 Å². The van der Waals surface area contributed by atoms with Gasteiger partial charge in [0.05, 0.1) is 11.1 Å². The predicted molar refractivity (Wildman–Crippen MR) is 86.3 cm³/mol. The molecule has 2 aromatic rings. The molecular weight excluding hydrogens is 297 g/mol. The number of aliphatic hydroxyl groups excluding tert-OH is 1. The van der Waals surface area contributed by atoms with Crippen molar-refractivity contribution in [2.75, 3.05) is 19.7 Å². The molecule has 0 spiro atoms. The van der Waals surface area contributed by atoms with Gasteiger partial charge >= 0.3 is 0 Å². The van der Waals surface area contributed by atoms with Crippen LogP contribution in [0.2, 0.25) is 5.02 Å². The van der Waals surface area contributed by atoms with E-state index in [4.69, 9.17) is 21.4 Å². The second-order valence-corrected chi connectivity index (χ2v) is 4.88. The molecule has 0 amide bonds. The number of hydrogen-bond acceptors (Lipinski definition) is 3. The van der Waals surface area contributed by atoms with Crippen molar-refractivity contribution in [3.63, 3.8) is 0 Å². The van der Waals surface area contributed by atoms with Crippen molar-refractivity contribution in [1.82, 2.24) is 5.32 Å². The summed E-state index contributed by atoms with van der Waals surface area (Å²) in [5.41, 5.74) is 0. The Kier molecular flexibility index (Phi) is 7.10. The zero-order valence-electron chi connectivity index (χ0n) is 11.3. The fourth-order valence-corrected chi connectivity index (χ4v) is 2.16. The Bertz CT molecular complexity index is 546. The van der Waals surface area contributed by atoms with Gasteiger partial charge in [-0.1, -0.05) is 41.9 Å². The van der Waals surface area contributed by atoms with Crippen LogP contribution in [0.5, 0.6) is 5.75 Å². The van der Waals surface area contributed by atoms with Gasteiger partial charge in [-0.2, -0.15) is 0 Å². The number of benzene rings is 2. The fraction of sp³-hybridized carbons (Fsp3) is 0.333. The van der Waals surface area contributed by atoms with Crippen molar-refractivity contribution in [2.24, 2.45) is 0 Å². The van der Waals surface area contributed by atoms with Gasteiger partial charge in [0.15, 0.2) is 0 Å². The van der Waals surface area contributed by atoms with E-state index in [1.165, 1.54) is 0 Å². The SMILES string of the molecule is CC(O)CNCCOc1ccc2ccccc2c1Cl.Cl. The summed E-state index contributed by atoms with van der Waals surface area (Å²) in [6.45, 7) is 3.50. The summed E-state index contributed by atoms with van der Waals surface area (Å²) in [7, 11) is 0. The minimum Gasteiger partial charge on any atom is -0.491 e. The summed E-state index contributed by atoms with van der Waals surface area (Å²) in [6.07, 6.45) is -0.343. The van der Waals surface area contributed by atoms with Crippen molar-refractivity contribution >= 4 is 34.8 Å². The summed E-state index contributed by atoms with van der Waals surface area (Å²) < 4.78 is 5.65. The Balaban J connectivity index is 0.00000200. The lowest BCUT2D eigenvalue weighted by Gasteiger charge is -2.11. The molecule has 0 bridgehead atoms. The van der Waals surface area contributed by atoms with Gasteiger partial charge in [0.1, 0.15) is 12.4 Å². The highest BCUT2D eigenvalue weighted by molar-refractivity contribution is 6.37. The molecule has 2 N–H and O–H groups in total. The third-order valence-corrected chi connectivity index (χ3v) is 3.19. The minimum atomic E-state index is -0.343. The number of nitrogens with one attached hydrogen (secondary N) is 1. The Morgan fingerprint density at radius 3 is 2.75 bits per heavy atom. The van der Waals surface area contributed by atoms with Crippen LogP contribution in [0.4, 0.5) is 0 Å². The molecule has 0 saturated heterocycles. The van der Waals surface area contributed by atoms with Gasteiger partial charge in [-0.05, 0) is 18.4 Å². The number of fused-ring (bicyclic) bond motifs is 1. The highest BCUT2D eigenvalue weighted by Crippen LogP contribution is 2.32. The van der Waals surface area contributed by atoms with Crippen molar-refractivity contribution in [1.29, 1.82) is 0 Å². The lowest BCUT2D eigenvalue weighted by Crippen LogP contribution is -2.28. The molecule has 1 unspecified atom stereocenters. The maximum Gasteiger partial charge on any atom is 0.138 e. The molecule has 5 heteroatoms. The fourth-order valence-electron chi connectivity index (χ4n) is 1.87. The first kappa shape index (κ1) is 17.1. The Labute approximate surface area is 130 Å². The molecule has 0 saturated carbocycles. The normalized spacial score (nSPS) is 11.9. The molecule has 0 aliphatic heterocycles. The summed E-state index contributed by atoms with van der Waals surface area (Å²) >= 11 is 6.32. The molecule has 110 valence electrons. The monoisotopic (exact) mass is 315 g/mol. The van der Waals surface area contributed by atoms with Crippen LogP contribution in [0.15, 0.2) is 36.4 Å². The molecule has 0 radical (unpaired) electrons. The first-order valence-electron chi connectivity index (χ1n) is 6.37. The van der Waals surface area contributed by atoms with E-state index in [1.807, 2.05) is 36.4 Å². The van der Waals surface area contributed by atoms with E-state index in [0.717, 1.165) is 10.8 Å². The highest BCUT2D eigenvalue weighted by Gasteiger charge is 2.05. The summed E-state index contributed by atoms with van der Waals surface area (Å²) in [5.74, 6) is 0.694. The van der Waals surface area contributed by atoms with E-state index in [0.29, 0.717) is 30.5 Å². The largest absolute Gasteiger partial charge is 0.491 e. The first-order valence-corrected chi connectivity index (χ1v) is 6.75. The number of halogens is 2.